The van der Waals surface area contributed by atoms with Crippen LogP contribution in [0.25, 0.3) is 10.8 Å². The Balaban J connectivity index is 1.52. The van der Waals surface area contributed by atoms with E-state index in [4.69, 9.17) is 4.74 Å². The molecule has 1 saturated heterocycles. The Morgan fingerprint density at radius 2 is 1.67 bits per heavy atom. The van der Waals surface area contributed by atoms with Crippen molar-refractivity contribution in [3.8, 4) is 0 Å². The highest BCUT2D eigenvalue weighted by Gasteiger charge is 2.29. The van der Waals surface area contributed by atoms with E-state index in [1.54, 1.807) is 4.90 Å². The molecule has 42 heavy (non-hydrogen) atoms. The number of carbonyl (C=O) groups is 2. The number of benzene rings is 3. The van der Waals surface area contributed by atoms with Crippen molar-refractivity contribution in [1.82, 2.24) is 9.47 Å². The van der Waals surface area contributed by atoms with E-state index in [-0.39, 0.29) is 27.3 Å². The number of piperidine rings is 1. The Bertz CT molecular complexity index is 1800. The van der Waals surface area contributed by atoms with Crippen molar-refractivity contribution in [1.29, 1.82) is 0 Å². The number of likely N-dealkylation sites (tertiary alicyclic amines) is 1. The van der Waals surface area contributed by atoms with Crippen LogP contribution in [-0.4, -0.2) is 53.7 Å². The number of aromatic carboxylic acids is 1. The number of sulfonamides is 1. The van der Waals surface area contributed by atoms with Gasteiger partial charge in [-0.1, -0.05) is 54.6 Å². The van der Waals surface area contributed by atoms with E-state index in [1.165, 1.54) is 35.6 Å². The lowest BCUT2D eigenvalue weighted by molar-refractivity contribution is 0.0205. The maximum Gasteiger partial charge on any atom is 0.410 e. The van der Waals surface area contributed by atoms with Gasteiger partial charge in [-0.05, 0) is 68.0 Å². The minimum absolute atomic E-state index is 0.102. The number of nitrogens with zero attached hydrogens (tertiary/aromatic N) is 3. The molecule has 0 spiro atoms. The van der Waals surface area contributed by atoms with Gasteiger partial charge in [-0.15, -0.1) is 15.7 Å². The zero-order chi connectivity index (χ0) is 30.1. The molecule has 1 aliphatic rings. The molecule has 2 heterocycles. The maximum absolute atomic E-state index is 13.5. The first-order valence-corrected chi connectivity index (χ1v) is 15.9. The van der Waals surface area contributed by atoms with Gasteiger partial charge in [0.15, 0.2) is 0 Å². The van der Waals surface area contributed by atoms with Crippen LogP contribution in [0.15, 0.2) is 82.2 Å². The average molecular weight is 608 g/mol. The largest absolute Gasteiger partial charge is 0.478 e. The highest BCUT2D eigenvalue weighted by atomic mass is 32.2. The Hall–Kier alpha value is -3.96. The Kier molecular flexibility index (Phi) is 8.25. The molecule has 4 aromatic rings. The molecule has 0 radical (unpaired) electrons. The molecular weight excluding hydrogens is 574 g/mol. The summed E-state index contributed by atoms with van der Waals surface area (Å²) in [7, 11) is -4.34. The number of carbonyl (C=O) groups excluding carboxylic acids is 1. The summed E-state index contributed by atoms with van der Waals surface area (Å²) in [4.78, 5) is 26.9. The van der Waals surface area contributed by atoms with Crippen molar-refractivity contribution in [2.24, 2.45) is 4.40 Å². The summed E-state index contributed by atoms with van der Waals surface area (Å²) in [6.45, 7) is 6.95. The number of amides is 1. The monoisotopic (exact) mass is 607 g/mol. The molecule has 1 aliphatic heterocycles. The van der Waals surface area contributed by atoms with Crippen LogP contribution in [0.4, 0.5) is 4.79 Å². The van der Waals surface area contributed by atoms with Crippen LogP contribution in [0.3, 0.4) is 0 Å². The quantitative estimate of drug-likeness (QED) is 0.294. The van der Waals surface area contributed by atoms with Crippen molar-refractivity contribution >= 4 is 44.2 Å². The van der Waals surface area contributed by atoms with Crippen molar-refractivity contribution in [3.63, 3.8) is 0 Å². The van der Waals surface area contributed by atoms with Crippen LogP contribution >= 0.6 is 11.3 Å². The number of thiazole rings is 1. The number of carboxylic acid groups (broad SMARTS) is 1. The maximum atomic E-state index is 13.5. The lowest BCUT2D eigenvalue weighted by atomic mass is 9.96. The second-order valence-electron chi connectivity index (χ2n) is 11.3. The highest BCUT2D eigenvalue weighted by molar-refractivity contribution is 7.90. The number of rotatable bonds is 6. The lowest BCUT2D eigenvalue weighted by Crippen LogP contribution is -2.41. The third-order valence-corrected chi connectivity index (χ3v) is 9.72. The number of carboxylic acids is 1. The summed E-state index contributed by atoms with van der Waals surface area (Å²) in [5, 5.41) is 11.7. The third-order valence-electron chi connectivity index (χ3n) is 7.10. The molecule has 1 amide bonds. The summed E-state index contributed by atoms with van der Waals surface area (Å²) >= 11 is 1.28. The SMILES string of the molecule is CC(C)(C)OC(=O)N1CCC(c2cn(Cc3cccc4ccccc34)/c(=N/S(=O)(=O)c3ccccc3C(=O)O)s2)CC1. The van der Waals surface area contributed by atoms with Gasteiger partial charge in [0.05, 0.1) is 12.1 Å². The van der Waals surface area contributed by atoms with E-state index in [2.05, 4.69) is 4.40 Å². The molecule has 220 valence electrons. The zero-order valence-corrected chi connectivity index (χ0v) is 25.3. The molecule has 0 bridgehead atoms. The van der Waals surface area contributed by atoms with Gasteiger partial charge in [0, 0.05) is 24.2 Å². The molecule has 1 aromatic heterocycles. The van der Waals surface area contributed by atoms with Gasteiger partial charge < -0.3 is 19.3 Å². The average Bonchev–Trinajstić information content (AvgIpc) is 3.33. The van der Waals surface area contributed by atoms with Crippen LogP contribution < -0.4 is 4.80 Å². The summed E-state index contributed by atoms with van der Waals surface area (Å²) in [6, 6.07) is 19.5. The van der Waals surface area contributed by atoms with E-state index >= 15 is 0 Å². The van der Waals surface area contributed by atoms with Crippen LogP contribution in [0.5, 0.6) is 0 Å². The molecule has 0 saturated carbocycles. The van der Waals surface area contributed by atoms with E-state index in [0.29, 0.717) is 32.5 Å². The summed E-state index contributed by atoms with van der Waals surface area (Å²) < 4.78 is 38.5. The van der Waals surface area contributed by atoms with Crippen LogP contribution in [0.2, 0.25) is 0 Å². The Labute approximate surface area is 248 Å². The second-order valence-corrected chi connectivity index (χ2v) is 13.9. The number of aromatic nitrogens is 1. The molecule has 11 heteroatoms. The standard InChI is InChI=1S/C31H33N3O6S2/c1-31(2,3)40-30(37)33-17-15-22(16-18-33)26-20-34(19-23-11-8-10-21-9-4-5-12-24(21)23)29(41-26)32-42(38,39)27-14-7-6-13-25(27)28(35)36/h4-14,20,22H,15-19H2,1-3H3,(H,35,36)/b32-29-. The fourth-order valence-electron chi connectivity index (χ4n) is 5.08. The van der Waals surface area contributed by atoms with Gasteiger partial charge in [-0.25, -0.2) is 9.59 Å². The van der Waals surface area contributed by atoms with Crippen molar-refractivity contribution in [2.75, 3.05) is 13.1 Å². The van der Waals surface area contributed by atoms with Gasteiger partial charge >= 0.3 is 12.1 Å². The molecule has 0 atom stereocenters. The molecular formula is C31H33N3O6S2. The number of hydrogen-bond acceptors (Lipinski definition) is 6. The number of fused-ring (bicyclic) bond motifs is 1. The minimum Gasteiger partial charge on any atom is -0.478 e. The first-order chi connectivity index (χ1) is 19.9. The topological polar surface area (TPSA) is 118 Å². The van der Waals surface area contributed by atoms with Crippen LogP contribution in [-0.2, 0) is 21.3 Å². The van der Waals surface area contributed by atoms with Gasteiger partial charge in [0.1, 0.15) is 10.5 Å². The van der Waals surface area contributed by atoms with Crippen molar-refractivity contribution in [2.45, 2.75) is 56.6 Å². The van der Waals surface area contributed by atoms with E-state index < -0.39 is 21.6 Å². The summed E-state index contributed by atoms with van der Waals surface area (Å²) in [5.74, 6) is -1.23. The van der Waals surface area contributed by atoms with E-state index in [9.17, 15) is 23.1 Å². The first kappa shape index (κ1) is 29.5. The number of ether oxygens (including phenoxy) is 1. The lowest BCUT2D eigenvalue weighted by Gasteiger charge is -2.33. The van der Waals surface area contributed by atoms with Gasteiger partial charge in [-0.2, -0.15) is 8.42 Å². The molecule has 5 rings (SSSR count). The predicted octanol–water partition coefficient (Wildman–Crippen LogP) is 5.85. The van der Waals surface area contributed by atoms with Crippen LogP contribution in [0, 0.1) is 0 Å². The van der Waals surface area contributed by atoms with E-state index in [1.807, 2.05) is 74.0 Å². The highest BCUT2D eigenvalue weighted by Crippen LogP contribution is 2.31. The summed E-state index contributed by atoms with van der Waals surface area (Å²) in [6.07, 6.45) is 3.00. The summed E-state index contributed by atoms with van der Waals surface area (Å²) in [5.41, 5.74) is 0.103. The number of hydrogen-bond donors (Lipinski definition) is 1. The fraction of sp³-hybridized carbons (Fsp3) is 0.323. The molecule has 3 aromatic carbocycles. The van der Waals surface area contributed by atoms with Gasteiger partial charge in [0.2, 0.25) is 4.80 Å². The second kappa shape index (κ2) is 11.7. The molecule has 1 N–H and O–H groups in total. The third kappa shape index (κ3) is 6.57. The molecule has 0 unspecified atom stereocenters. The Morgan fingerprint density at radius 1 is 1.00 bits per heavy atom. The Morgan fingerprint density at radius 3 is 2.38 bits per heavy atom. The smallest absolute Gasteiger partial charge is 0.410 e. The predicted molar refractivity (Wildman–Crippen MR) is 161 cm³/mol. The molecule has 1 fully saturated rings. The molecule has 0 aliphatic carbocycles. The normalized spacial score (nSPS) is 15.2. The van der Waals surface area contributed by atoms with Crippen LogP contribution in [0.1, 0.15) is 60.3 Å². The zero-order valence-electron chi connectivity index (χ0n) is 23.7. The van der Waals surface area contributed by atoms with Crippen molar-refractivity contribution in [3.05, 3.63) is 93.7 Å². The first-order valence-electron chi connectivity index (χ1n) is 13.7. The van der Waals surface area contributed by atoms with Gasteiger partial charge in [-0.3, -0.25) is 0 Å². The van der Waals surface area contributed by atoms with Gasteiger partial charge in [0.25, 0.3) is 10.0 Å². The van der Waals surface area contributed by atoms with E-state index in [0.717, 1.165) is 21.2 Å². The van der Waals surface area contributed by atoms with Crippen molar-refractivity contribution < 1.29 is 27.9 Å². The minimum atomic E-state index is -4.34. The molecule has 9 nitrogen and oxygen atoms in total. The fourth-order valence-corrected chi connectivity index (χ4v) is 7.64.